The molecule has 0 atom stereocenters. The highest BCUT2D eigenvalue weighted by atomic mass is 16.6. The average Bonchev–Trinajstić information content (AvgIpc) is 2.62. The maximum absolute atomic E-state index is 12.0. The van der Waals surface area contributed by atoms with E-state index in [0.29, 0.717) is 5.69 Å². The number of esters is 2. The number of hydrogen-bond acceptors (Lipinski definition) is 6. The van der Waals surface area contributed by atoms with E-state index in [4.69, 9.17) is 9.47 Å². The summed E-state index contributed by atoms with van der Waals surface area (Å²) in [5.74, 6) is -1.29. The van der Waals surface area contributed by atoms with Gasteiger partial charge in [-0.3, -0.25) is 0 Å². The van der Waals surface area contributed by atoms with E-state index in [1.54, 1.807) is 24.3 Å². The predicted octanol–water partition coefficient (Wildman–Crippen LogP) is 5.07. The molecule has 2 aromatic rings. The summed E-state index contributed by atoms with van der Waals surface area (Å²) in [5.41, 5.74) is 1.25. The molecule has 0 aliphatic rings. The average molecular weight is 350 g/mol. The Labute approximate surface area is 151 Å². The van der Waals surface area contributed by atoms with Gasteiger partial charge in [-0.2, -0.15) is 5.11 Å². The molecule has 26 heavy (non-hydrogen) atoms. The monoisotopic (exact) mass is 350 g/mol. The summed E-state index contributed by atoms with van der Waals surface area (Å²) in [7, 11) is 0. The highest BCUT2D eigenvalue weighted by molar-refractivity contribution is 5.92. The number of carbonyl (C=O) groups excluding carboxylic acids is 2. The van der Waals surface area contributed by atoms with Crippen molar-refractivity contribution in [3.8, 4) is 11.5 Å². The molecule has 0 N–H and O–H groups in total. The van der Waals surface area contributed by atoms with Gasteiger partial charge >= 0.3 is 11.9 Å². The fourth-order valence-corrected chi connectivity index (χ4v) is 1.74. The number of azo groups is 1. The summed E-state index contributed by atoms with van der Waals surface area (Å²) < 4.78 is 10.5. The van der Waals surface area contributed by atoms with Gasteiger partial charge in [0.1, 0.15) is 5.69 Å². The molecule has 0 heterocycles. The van der Waals surface area contributed by atoms with Crippen LogP contribution in [-0.4, -0.2) is 11.9 Å². The first-order chi connectivity index (χ1) is 12.4. The molecule has 0 saturated carbocycles. The lowest BCUT2D eigenvalue weighted by Gasteiger charge is -2.12. The lowest BCUT2D eigenvalue weighted by atomic mass is 10.2. The Bertz CT molecular complexity index is 886. The lowest BCUT2D eigenvalue weighted by molar-refractivity contribution is -0.132. The zero-order valence-electron chi connectivity index (χ0n) is 14.6. The molecule has 0 aliphatic heterocycles. The predicted molar refractivity (Wildman–Crippen MR) is 98.0 cm³/mol. The van der Waals surface area contributed by atoms with Gasteiger partial charge in [-0.05, 0) is 38.1 Å². The van der Waals surface area contributed by atoms with Gasteiger partial charge in [0.25, 0.3) is 0 Å². The molecule has 0 aliphatic carbocycles. The van der Waals surface area contributed by atoms with Crippen molar-refractivity contribution < 1.29 is 19.1 Å². The van der Waals surface area contributed by atoms with Crippen LogP contribution in [-0.2, 0) is 9.59 Å². The molecule has 0 amide bonds. The van der Waals surface area contributed by atoms with E-state index >= 15 is 0 Å². The zero-order chi connectivity index (χ0) is 19.1. The Kier molecular flexibility index (Phi) is 6.16. The molecule has 6 heteroatoms. The maximum Gasteiger partial charge on any atom is 0.338 e. The van der Waals surface area contributed by atoms with Gasteiger partial charge in [0.2, 0.25) is 5.75 Å². The molecule has 0 fully saturated rings. The fraction of sp³-hybridized carbons (Fsp3) is 0.100. The molecule has 2 rings (SSSR count). The third kappa shape index (κ3) is 4.98. The van der Waals surface area contributed by atoms with E-state index in [-0.39, 0.29) is 28.3 Å². The highest BCUT2D eigenvalue weighted by Crippen LogP contribution is 2.39. The summed E-state index contributed by atoms with van der Waals surface area (Å²) >= 11 is 0. The molecule has 0 bridgehead atoms. The van der Waals surface area contributed by atoms with Crippen LogP contribution in [0.4, 0.5) is 11.4 Å². The van der Waals surface area contributed by atoms with Gasteiger partial charge in [0.15, 0.2) is 5.75 Å². The Balaban J connectivity index is 2.43. The van der Waals surface area contributed by atoms with Crippen LogP contribution >= 0.6 is 0 Å². The van der Waals surface area contributed by atoms with E-state index in [2.05, 4.69) is 23.4 Å². The number of ether oxygens (including phenoxy) is 2. The molecular formula is C20H18N2O4. The van der Waals surface area contributed by atoms with E-state index < -0.39 is 11.9 Å². The molecule has 0 aromatic heterocycles. The standard InChI is InChI=1S/C20H18N2O4/c1-13(2)19(23)25-17-12-8-11-16(18(17)26-20(24)14(3)4)22-21-15-9-6-5-7-10-15/h5-12H,1,3H2,2,4H3. The summed E-state index contributed by atoms with van der Waals surface area (Å²) in [5, 5.41) is 8.20. The van der Waals surface area contributed by atoms with Crippen LogP contribution in [0.15, 0.2) is 83.1 Å². The first-order valence-corrected chi connectivity index (χ1v) is 7.73. The van der Waals surface area contributed by atoms with Gasteiger partial charge in [0.05, 0.1) is 5.69 Å². The number of nitrogens with zero attached hydrogens (tertiary/aromatic N) is 2. The van der Waals surface area contributed by atoms with Gasteiger partial charge in [0, 0.05) is 11.1 Å². The summed E-state index contributed by atoms with van der Waals surface area (Å²) in [4.78, 5) is 23.8. The molecule has 0 radical (unpaired) electrons. The minimum absolute atomic E-state index is 0.0187. The first kappa shape index (κ1) is 18.8. The Hall–Kier alpha value is -3.54. The third-order valence-electron chi connectivity index (χ3n) is 3.08. The molecule has 6 nitrogen and oxygen atoms in total. The topological polar surface area (TPSA) is 77.3 Å². The van der Waals surface area contributed by atoms with Gasteiger partial charge < -0.3 is 9.47 Å². The number of benzene rings is 2. The fourth-order valence-electron chi connectivity index (χ4n) is 1.74. The number of hydrogen-bond donors (Lipinski definition) is 0. The van der Waals surface area contributed by atoms with Crippen LogP contribution in [0.1, 0.15) is 13.8 Å². The van der Waals surface area contributed by atoms with Crippen molar-refractivity contribution in [3.05, 3.63) is 72.8 Å². The quantitative estimate of drug-likeness (QED) is 0.315. The largest absolute Gasteiger partial charge is 0.419 e. The molecule has 0 unspecified atom stereocenters. The van der Waals surface area contributed by atoms with Crippen molar-refractivity contribution in [2.75, 3.05) is 0 Å². The minimum atomic E-state index is -0.667. The molecule has 0 spiro atoms. The summed E-state index contributed by atoms with van der Waals surface area (Å²) in [6.07, 6.45) is 0. The number of carbonyl (C=O) groups is 2. The van der Waals surface area contributed by atoms with Crippen molar-refractivity contribution in [2.24, 2.45) is 10.2 Å². The van der Waals surface area contributed by atoms with Crippen LogP contribution < -0.4 is 9.47 Å². The normalized spacial score (nSPS) is 10.4. The molecule has 132 valence electrons. The van der Waals surface area contributed by atoms with E-state index in [1.807, 2.05) is 18.2 Å². The molecule has 0 saturated heterocycles. The second-order valence-corrected chi connectivity index (χ2v) is 5.48. The van der Waals surface area contributed by atoms with Gasteiger partial charge in [-0.15, -0.1) is 5.11 Å². The Morgan fingerprint density at radius 1 is 0.808 bits per heavy atom. The van der Waals surface area contributed by atoms with Crippen molar-refractivity contribution >= 4 is 23.3 Å². The number of para-hydroxylation sites is 1. The van der Waals surface area contributed by atoms with E-state index in [1.165, 1.54) is 19.9 Å². The van der Waals surface area contributed by atoms with Crippen LogP contribution in [0.25, 0.3) is 0 Å². The molecule has 2 aromatic carbocycles. The van der Waals surface area contributed by atoms with Crippen molar-refractivity contribution in [2.45, 2.75) is 13.8 Å². The lowest BCUT2D eigenvalue weighted by Crippen LogP contribution is -2.12. The second kappa shape index (κ2) is 8.53. The minimum Gasteiger partial charge on any atom is -0.419 e. The van der Waals surface area contributed by atoms with E-state index in [0.717, 1.165) is 0 Å². The SMILES string of the molecule is C=C(C)C(=O)Oc1cccc(N=Nc2ccccc2)c1OC(=O)C(=C)C. The van der Waals surface area contributed by atoms with Crippen molar-refractivity contribution in [1.29, 1.82) is 0 Å². The highest BCUT2D eigenvalue weighted by Gasteiger charge is 2.18. The van der Waals surface area contributed by atoms with E-state index in [9.17, 15) is 9.59 Å². The maximum atomic E-state index is 12.0. The molecular weight excluding hydrogens is 332 g/mol. The number of rotatable bonds is 6. The van der Waals surface area contributed by atoms with Crippen LogP contribution in [0.3, 0.4) is 0 Å². The second-order valence-electron chi connectivity index (χ2n) is 5.48. The Morgan fingerprint density at radius 3 is 2.04 bits per heavy atom. The van der Waals surface area contributed by atoms with Crippen molar-refractivity contribution in [3.63, 3.8) is 0 Å². The van der Waals surface area contributed by atoms with Crippen LogP contribution in [0, 0.1) is 0 Å². The first-order valence-electron chi connectivity index (χ1n) is 7.73. The van der Waals surface area contributed by atoms with Crippen molar-refractivity contribution in [1.82, 2.24) is 0 Å². The summed E-state index contributed by atoms with van der Waals surface area (Å²) in [6.45, 7) is 10.1. The van der Waals surface area contributed by atoms with Gasteiger partial charge in [-0.25, -0.2) is 9.59 Å². The zero-order valence-corrected chi connectivity index (χ0v) is 14.6. The smallest absolute Gasteiger partial charge is 0.338 e. The van der Waals surface area contributed by atoms with Crippen LogP contribution in [0.5, 0.6) is 11.5 Å². The third-order valence-corrected chi connectivity index (χ3v) is 3.08. The summed E-state index contributed by atoms with van der Waals surface area (Å²) in [6, 6.07) is 13.7. The Morgan fingerprint density at radius 2 is 1.42 bits per heavy atom. The van der Waals surface area contributed by atoms with Gasteiger partial charge in [-0.1, -0.05) is 37.4 Å². The van der Waals surface area contributed by atoms with Crippen LogP contribution in [0.2, 0.25) is 0 Å².